The third-order valence-corrected chi connectivity index (χ3v) is 4.83. The van der Waals surface area contributed by atoms with Gasteiger partial charge in [-0.1, -0.05) is 20.8 Å². The lowest BCUT2D eigenvalue weighted by atomic mass is 9.95. The van der Waals surface area contributed by atoms with Crippen LogP contribution in [0.4, 0.5) is 0 Å². The van der Waals surface area contributed by atoms with Gasteiger partial charge in [-0.05, 0) is 19.9 Å². The minimum absolute atomic E-state index is 0.0567. The van der Waals surface area contributed by atoms with Gasteiger partial charge in [-0.3, -0.25) is 4.79 Å². The summed E-state index contributed by atoms with van der Waals surface area (Å²) in [7, 11) is 0. The van der Waals surface area contributed by atoms with Gasteiger partial charge in [0.15, 0.2) is 5.65 Å². The van der Waals surface area contributed by atoms with Crippen LogP contribution in [0.5, 0.6) is 0 Å². The molecular weight excluding hydrogens is 340 g/mol. The van der Waals surface area contributed by atoms with Crippen LogP contribution in [0.1, 0.15) is 68.1 Å². The number of aromatic nitrogens is 5. The van der Waals surface area contributed by atoms with E-state index in [2.05, 4.69) is 54.6 Å². The summed E-state index contributed by atoms with van der Waals surface area (Å²) in [6.07, 6.45) is 5.26. The third-order valence-electron chi connectivity index (χ3n) is 4.83. The summed E-state index contributed by atoms with van der Waals surface area (Å²) in [6.45, 7) is 11.4. The van der Waals surface area contributed by atoms with Crippen molar-refractivity contribution in [1.82, 2.24) is 29.4 Å². The van der Waals surface area contributed by atoms with Crippen molar-refractivity contribution in [2.45, 2.75) is 59.2 Å². The Hall–Kier alpha value is -2.83. The van der Waals surface area contributed by atoms with E-state index in [1.165, 1.54) is 0 Å². The lowest BCUT2D eigenvalue weighted by Gasteiger charge is -2.16. The van der Waals surface area contributed by atoms with Gasteiger partial charge in [0.1, 0.15) is 11.3 Å². The van der Waals surface area contributed by atoms with E-state index in [4.69, 9.17) is 0 Å². The summed E-state index contributed by atoms with van der Waals surface area (Å²) in [6, 6.07) is 2.09. The number of imidazole rings is 1. The molecule has 0 saturated carbocycles. The standard InChI is InChI=1S/C20H24N6O/c1-12(2)26-11-23-15-6-13(7-21-17(15)26)18(27)25-9-14-8-22-19(20(3,4)5)24-16(14)10-25/h6-8,11-12H,9-10H2,1-5H3. The molecule has 3 aromatic heterocycles. The maximum absolute atomic E-state index is 13.0. The molecule has 0 fully saturated rings. The summed E-state index contributed by atoms with van der Waals surface area (Å²) in [4.78, 5) is 32.8. The fourth-order valence-corrected chi connectivity index (χ4v) is 3.25. The topological polar surface area (TPSA) is 76.8 Å². The molecule has 0 aromatic carbocycles. The predicted molar refractivity (Wildman–Crippen MR) is 102 cm³/mol. The van der Waals surface area contributed by atoms with E-state index in [1.54, 1.807) is 17.4 Å². The lowest BCUT2D eigenvalue weighted by molar-refractivity contribution is 0.0750. The van der Waals surface area contributed by atoms with Crippen LogP contribution in [-0.4, -0.2) is 35.3 Å². The van der Waals surface area contributed by atoms with Gasteiger partial charge < -0.3 is 9.47 Å². The van der Waals surface area contributed by atoms with Crippen LogP contribution in [0.25, 0.3) is 11.2 Å². The summed E-state index contributed by atoms with van der Waals surface area (Å²) < 4.78 is 2.00. The Labute approximate surface area is 158 Å². The van der Waals surface area contributed by atoms with Crippen LogP contribution in [0.3, 0.4) is 0 Å². The number of hydrogen-bond acceptors (Lipinski definition) is 5. The van der Waals surface area contributed by atoms with E-state index in [0.29, 0.717) is 18.7 Å². The van der Waals surface area contributed by atoms with Gasteiger partial charge in [0.25, 0.3) is 5.91 Å². The van der Waals surface area contributed by atoms with Crippen molar-refractivity contribution in [2.75, 3.05) is 0 Å². The first-order valence-electron chi connectivity index (χ1n) is 9.21. The maximum Gasteiger partial charge on any atom is 0.256 e. The molecule has 4 heterocycles. The van der Waals surface area contributed by atoms with Crippen molar-refractivity contribution >= 4 is 17.1 Å². The molecule has 4 rings (SSSR count). The molecule has 0 N–H and O–H groups in total. The zero-order chi connectivity index (χ0) is 19.3. The van der Waals surface area contributed by atoms with Gasteiger partial charge in [0, 0.05) is 36.0 Å². The SMILES string of the molecule is CC(C)n1cnc2cc(C(=O)N3Cc4cnc(C(C)(C)C)nc4C3)cnc21. The van der Waals surface area contributed by atoms with Gasteiger partial charge in [0.2, 0.25) is 0 Å². The maximum atomic E-state index is 13.0. The summed E-state index contributed by atoms with van der Waals surface area (Å²) in [5, 5.41) is 0. The van der Waals surface area contributed by atoms with E-state index in [-0.39, 0.29) is 17.4 Å². The Morgan fingerprint density at radius 2 is 1.89 bits per heavy atom. The minimum Gasteiger partial charge on any atom is -0.328 e. The predicted octanol–water partition coefficient (Wildman–Crippen LogP) is 3.26. The second-order valence-corrected chi connectivity index (χ2v) is 8.39. The molecule has 0 spiro atoms. The Morgan fingerprint density at radius 1 is 1.11 bits per heavy atom. The number of nitrogens with zero attached hydrogens (tertiary/aromatic N) is 6. The highest BCUT2D eigenvalue weighted by Gasteiger charge is 2.28. The molecule has 0 aliphatic carbocycles. The molecule has 27 heavy (non-hydrogen) atoms. The van der Waals surface area contributed by atoms with Crippen LogP contribution in [-0.2, 0) is 18.5 Å². The molecule has 0 bridgehead atoms. The number of fused-ring (bicyclic) bond motifs is 2. The van der Waals surface area contributed by atoms with Crippen molar-refractivity contribution in [1.29, 1.82) is 0 Å². The lowest BCUT2D eigenvalue weighted by Crippen LogP contribution is -2.25. The van der Waals surface area contributed by atoms with Crippen LogP contribution in [0, 0.1) is 0 Å². The van der Waals surface area contributed by atoms with Gasteiger partial charge >= 0.3 is 0 Å². The van der Waals surface area contributed by atoms with E-state index in [1.807, 2.05) is 16.8 Å². The molecule has 1 aliphatic heterocycles. The van der Waals surface area contributed by atoms with Gasteiger partial charge in [-0.2, -0.15) is 0 Å². The van der Waals surface area contributed by atoms with Gasteiger partial charge in [-0.15, -0.1) is 0 Å². The molecule has 0 saturated heterocycles. The largest absolute Gasteiger partial charge is 0.328 e. The number of carbonyl (C=O) groups is 1. The van der Waals surface area contributed by atoms with E-state index in [0.717, 1.165) is 28.2 Å². The molecule has 1 amide bonds. The fraction of sp³-hybridized carbons (Fsp3) is 0.450. The molecule has 7 heteroatoms. The molecular formula is C20H24N6O. The average Bonchev–Trinajstić information content (AvgIpc) is 3.22. The highest BCUT2D eigenvalue weighted by molar-refractivity contribution is 5.96. The van der Waals surface area contributed by atoms with Crippen LogP contribution < -0.4 is 0 Å². The Kier molecular flexibility index (Phi) is 3.98. The first-order chi connectivity index (χ1) is 12.7. The monoisotopic (exact) mass is 364 g/mol. The molecule has 0 unspecified atom stereocenters. The first-order valence-corrected chi connectivity index (χ1v) is 9.21. The Balaban J connectivity index is 1.59. The second kappa shape index (κ2) is 6.11. The van der Waals surface area contributed by atoms with Crippen molar-refractivity contribution in [3.05, 3.63) is 47.4 Å². The molecule has 3 aromatic rings. The van der Waals surface area contributed by atoms with Crippen LogP contribution in [0.15, 0.2) is 24.8 Å². The fourth-order valence-electron chi connectivity index (χ4n) is 3.25. The number of pyridine rings is 1. The van der Waals surface area contributed by atoms with Crippen LogP contribution in [0.2, 0.25) is 0 Å². The molecule has 1 aliphatic rings. The molecule has 0 radical (unpaired) electrons. The average molecular weight is 364 g/mol. The molecule has 0 atom stereocenters. The van der Waals surface area contributed by atoms with Crippen LogP contribution >= 0.6 is 0 Å². The van der Waals surface area contributed by atoms with Crippen molar-refractivity contribution in [3.63, 3.8) is 0 Å². The van der Waals surface area contributed by atoms with Crippen molar-refractivity contribution in [3.8, 4) is 0 Å². The van der Waals surface area contributed by atoms with Gasteiger partial charge in [0.05, 0.1) is 24.1 Å². The Bertz CT molecular complexity index is 1030. The van der Waals surface area contributed by atoms with E-state index in [9.17, 15) is 4.79 Å². The molecule has 7 nitrogen and oxygen atoms in total. The highest BCUT2D eigenvalue weighted by atomic mass is 16.2. The van der Waals surface area contributed by atoms with E-state index >= 15 is 0 Å². The van der Waals surface area contributed by atoms with Crippen molar-refractivity contribution in [2.24, 2.45) is 0 Å². The molecule has 140 valence electrons. The highest BCUT2D eigenvalue weighted by Crippen LogP contribution is 2.26. The number of carbonyl (C=O) groups excluding carboxylic acids is 1. The number of rotatable bonds is 2. The normalized spacial score (nSPS) is 14.2. The summed E-state index contributed by atoms with van der Waals surface area (Å²) >= 11 is 0. The minimum atomic E-state index is -0.114. The number of hydrogen-bond donors (Lipinski definition) is 0. The van der Waals surface area contributed by atoms with E-state index < -0.39 is 0 Å². The zero-order valence-electron chi connectivity index (χ0n) is 16.4. The second-order valence-electron chi connectivity index (χ2n) is 8.39. The number of amides is 1. The quantitative estimate of drug-likeness (QED) is 0.697. The third kappa shape index (κ3) is 3.07. The Morgan fingerprint density at radius 3 is 2.59 bits per heavy atom. The first kappa shape index (κ1) is 17.6. The zero-order valence-corrected chi connectivity index (χ0v) is 16.4. The van der Waals surface area contributed by atoms with Crippen molar-refractivity contribution < 1.29 is 4.79 Å². The summed E-state index contributed by atoms with van der Waals surface area (Å²) in [5.74, 6) is 0.747. The van der Waals surface area contributed by atoms with Gasteiger partial charge in [-0.25, -0.2) is 19.9 Å². The smallest absolute Gasteiger partial charge is 0.256 e. The summed E-state index contributed by atoms with van der Waals surface area (Å²) in [5.41, 5.74) is 3.91.